The molecule has 20 heavy (non-hydrogen) atoms. The number of hydrogen-bond donors (Lipinski definition) is 1. The summed E-state index contributed by atoms with van der Waals surface area (Å²) in [6.45, 7) is 4.10. The summed E-state index contributed by atoms with van der Waals surface area (Å²) >= 11 is 0. The predicted octanol–water partition coefficient (Wildman–Crippen LogP) is 2.00. The average Bonchev–Trinajstić information content (AvgIpc) is 2.80. The highest BCUT2D eigenvalue weighted by molar-refractivity contribution is 8.13. The van der Waals surface area contributed by atoms with Crippen molar-refractivity contribution in [3.05, 3.63) is 23.8 Å². The van der Waals surface area contributed by atoms with Crippen LogP contribution in [0.25, 0.3) is 0 Å². The van der Waals surface area contributed by atoms with Crippen LogP contribution in [0.2, 0.25) is 0 Å². The summed E-state index contributed by atoms with van der Waals surface area (Å²) in [5.41, 5.74) is 0.563. The van der Waals surface area contributed by atoms with Crippen molar-refractivity contribution in [1.82, 2.24) is 5.32 Å². The Morgan fingerprint density at radius 2 is 2.25 bits per heavy atom. The van der Waals surface area contributed by atoms with Crippen molar-refractivity contribution >= 4 is 25.6 Å². The number of fused-ring (bicyclic) bond motifs is 1. The van der Waals surface area contributed by atoms with E-state index in [9.17, 15) is 13.2 Å². The summed E-state index contributed by atoms with van der Waals surface area (Å²) in [6, 6.07) is 4.37. The van der Waals surface area contributed by atoms with Crippen LogP contribution in [0.1, 0.15) is 31.7 Å². The molecule has 1 heterocycles. The van der Waals surface area contributed by atoms with Gasteiger partial charge in [0.05, 0.1) is 4.90 Å². The number of carbonyl (C=O) groups excluding carboxylic acids is 1. The van der Waals surface area contributed by atoms with E-state index < -0.39 is 15.0 Å². The van der Waals surface area contributed by atoms with Crippen molar-refractivity contribution < 1.29 is 17.9 Å². The standard InChI is InChI=1S/C13H16ClNO4S/c1-3-8(2)15-13(16)11-7-19-12-5-4-9(6-10(11)12)20(14,17)18/h4-6,8,11H,3,7H2,1-2H3,(H,15,16). The average molecular weight is 318 g/mol. The molecule has 0 spiro atoms. The maximum Gasteiger partial charge on any atom is 0.261 e. The Balaban J connectivity index is 2.29. The van der Waals surface area contributed by atoms with Gasteiger partial charge in [-0.3, -0.25) is 4.79 Å². The predicted molar refractivity (Wildman–Crippen MR) is 75.6 cm³/mol. The van der Waals surface area contributed by atoms with Crippen molar-refractivity contribution in [3.63, 3.8) is 0 Å². The molecule has 1 aliphatic heterocycles. The Bertz CT molecular complexity index is 629. The van der Waals surface area contributed by atoms with Crippen molar-refractivity contribution in [3.8, 4) is 5.75 Å². The Hall–Kier alpha value is -1.27. The molecule has 1 aromatic carbocycles. The van der Waals surface area contributed by atoms with E-state index in [0.29, 0.717) is 11.3 Å². The van der Waals surface area contributed by atoms with Gasteiger partial charge in [-0.15, -0.1) is 0 Å². The zero-order valence-electron chi connectivity index (χ0n) is 11.2. The van der Waals surface area contributed by atoms with Crippen LogP contribution in [-0.4, -0.2) is 27.0 Å². The normalized spacial score (nSPS) is 19.1. The maximum atomic E-state index is 12.2. The summed E-state index contributed by atoms with van der Waals surface area (Å²) < 4.78 is 28.1. The van der Waals surface area contributed by atoms with Crippen molar-refractivity contribution in [1.29, 1.82) is 0 Å². The third-order valence-electron chi connectivity index (χ3n) is 3.36. The molecule has 2 rings (SSSR count). The van der Waals surface area contributed by atoms with Gasteiger partial charge >= 0.3 is 0 Å². The van der Waals surface area contributed by atoms with Crippen LogP contribution in [0.5, 0.6) is 5.75 Å². The highest BCUT2D eigenvalue weighted by Gasteiger charge is 2.32. The molecule has 1 N–H and O–H groups in total. The Morgan fingerprint density at radius 3 is 2.85 bits per heavy atom. The second-order valence-electron chi connectivity index (χ2n) is 4.82. The molecule has 7 heteroatoms. The zero-order chi connectivity index (χ0) is 14.9. The maximum absolute atomic E-state index is 12.2. The Labute approximate surface area is 122 Å². The number of amides is 1. The van der Waals surface area contributed by atoms with Crippen LogP contribution in [0.15, 0.2) is 23.1 Å². The summed E-state index contributed by atoms with van der Waals surface area (Å²) in [4.78, 5) is 12.1. The van der Waals surface area contributed by atoms with Crippen molar-refractivity contribution in [2.24, 2.45) is 0 Å². The van der Waals surface area contributed by atoms with Gasteiger partial charge in [-0.25, -0.2) is 8.42 Å². The molecule has 2 atom stereocenters. The summed E-state index contributed by atoms with van der Waals surface area (Å²) in [6.07, 6.45) is 0.822. The number of rotatable bonds is 4. The van der Waals surface area contributed by atoms with E-state index in [2.05, 4.69) is 5.32 Å². The van der Waals surface area contributed by atoms with E-state index in [0.717, 1.165) is 6.42 Å². The fraction of sp³-hybridized carbons (Fsp3) is 0.462. The first-order chi connectivity index (χ1) is 9.32. The van der Waals surface area contributed by atoms with E-state index in [1.165, 1.54) is 18.2 Å². The van der Waals surface area contributed by atoms with E-state index in [4.69, 9.17) is 15.4 Å². The number of nitrogens with one attached hydrogen (secondary N) is 1. The number of halogens is 1. The molecule has 0 bridgehead atoms. The molecule has 0 aliphatic carbocycles. The first-order valence-corrected chi connectivity index (χ1v) is 8.65. The minimum atomic E-state index is -3.82. The second-order valence-corrected chi connectivity index (χ2v) is 7.38. The highest BCUT2D eigenvalue weighted by atomic mass is 35.7. The molecule has 1 amide bonds. The van der Waals surface area contributed by atoms with Crippen LogP contribution in [-0.2, 0) is 13.8 Å². The van der Waals surface area contributed by atoms with Gasteiger partial charge in [0.2, 0.25) is 5.91 Å². The van der Waals surface area contributed by atoms with Crippen molar-refractivity contribution in [2.45, 2.75) is 37.1 Å². The van der Waals surface area contributed by atoms with E-state index in [-0.39, 0.29) is 23.5 Å². The molecule has 0 saturated carbocycles. The third kappa shape index (κ3) is 3.07. The van der Waals surface area contributed by atoms with E-state index in [1.807, 2.05) is 13.8 Å². The lowest BCUT2D eigenvalue weighted by Gasteiger charge is -2.15. The fourth-order valence-electron chi connectivity index (χ4n) is 2.01. The molecule has 0 aromatic heterocycles. The van der Waals surface area contributed by atoms with Gasteiger partial charge in [0, 0.05) is 22.3 Å². The molecule has 0 saturated heterocycles. The summed E-state index contributed by atoms with van der Waals surface area (Å²) in [7, 11) is 1.51. The van der Waals surface area contributed by atoms with E-state index in [1.54, 1.807) is 0 Å². The van der Waals surface area contributed by atoms with Crippen molar-refractivity contribution in [2.75, 3.05) is 6.61 Å². The van der Waals surface area contributed by atoms with Crippen LogP contribution in [0.4, 0.5) is 0 Å². The fourth-order valence-corrected chi connectivity index (χ4v) is 2.79. The van der Waals surface area contributed by atoms with Gasteiger partial charge in [0.15, 0.2) is 0 Å². The molecule has 5 nitrogen and oxygen atoms in total. The molecule has 0 fully saturated rings. The SMILES string of the molecule is CCC(C)NC(=O)C1COc2ccc(S(=O)(=O)Cl)cc21. The van der Waals surface area contributed by atoms with Gasteiger partial charge in [-0.1, -0.05) is 6.92 Å². The lowest BCUT2D eigenvalue weighted by atomic mass is 10.00. The zero-order valence-corrected chi connectivity index (χ0v) is 12.8. The Kier molecular flexibility index (Phi) is 4.25. The number of hydrogen-bond acceptors (Lipinski definition) is 4. The first-order valence-electron chi connectivity index (χ1n) is 6.34. The minimum Gasteiger partial charge on any atom is -0.492 e. The van der Waals surface area contributed by atoms with Gasteiger partial charge in [0.1, 0.15) is 18.3 Å². The van der Waals surface area contributed by atoms with Crippen LogP contribution >= 0.6 is 10.7 Å². The second kappa shape index (κ2) is 5.61. The van der Waals surface area contributed by atoms with Gasteiger partial charge in [-0.05, 0) is 31.5 Å². The van der Waals surface area contributed by atoms with Crippen LogP contribution in [0.3, 0.4) is 0 Å². The van der Waals surface area contributed by atoms with Crippen LogP contribution < -0.4 is 10.1 Å². The monoisotopic (exact) mass is 317 g/mol. The first kappa shape index (κ1) is 15.1. The molecule has 1 aromatic rings. The van der Waals surface area contributed by atoms with Crippen LogP contribution in [0, 0.1) is 0 Å². The molecule has 0 radical (unpaired) electrons. The Morgan fingerprint density at radius 1 is 1.55 bits per heavy atom. The molecule has 2 unspecified atom stereocenters. The van der Waals surface area contributed by atoms with Gasteiger partial charge < -0.3 is 10.1 Å². The summed E-state index contributed by atoms with van der Waals surface area (Å²) in [5.74, 6) is -0.141. The molecular weight excluding hydrogens is 302 g/mol. The lowest BCUT2D eigenvalue weighted by Crippen LogP contribution is -2.36. The number of benzene rings is 1. The largest absolute Gasteiger partial charge is 0.492 e. The molecular formula is C13H16ClNO4S. The summed E-state index contributed by atoms with van der Waals surface area (Å²) in [5, 5.41) is 2.87. The topological polar surface area (TPSA) is 72.5 Å². The third-order valence-corrected chi connectivity index (χ3v) is 4.71. The number of carbonyl (C=O) groups is 1. The van der Waals surface area contributed by atoms with E-state index >= 15 is 0 Å². The van der Waals surface area contributed by atoms with Gasteiger partial charge in [0.25, 0.3) is 9.05 Å². The highest BCUT2D eigenvalue weighted by Crippen LogP contribution is 2.36. The molecule has 1 aliphatic rings. The molecule has 110 valence electrons. The minimum absolute atomic E-state index is 0.0234. The van der Waals surface area contributed by atoms with Gasteiger partial charge in [-0.2, -0.15) is 0 Å². The smallest absolute Gasteiger partial charge is 0.261 e. The lowest BCUT2D eigenvalue weighted by molar-refractivity contribution is -0.123. The quantitative estimate of drug-likeness (QED) is 0.862. The number of ether oxygens (including phenoxy) is 1.